The molecule has 2 aromatic rings. The molecule has 3 N–H and O–H groups in total. The molecule has 2 aliphatic heterocycles. The van der Waals surface area contributed by atoms with Crippen LogP contribution in [0, 0.1) is 0 Å². The number of hydrogen-bond donors (Lipinski definition) is 2. The van der Waals surface area contributed by atoms with Crippen LogP contribution in [0.2, 0.25) is 0 Å². The van der Waals surface area contributed by atoms with Crippen molar-refractivity contribution in [1.29, 1.82) is 0 Å². The van der Waals surface area contributed by atoms with E-state index in [1.165, 1.54) is 4.90 Å². The molecule has 0 bridgehead atoms. The van der Waals surface area contributed by atoms with Crippen molar-refractivity contribution >= 4 is 23.7 Å². The highest BCUT2D eigenvalue weighted by molar-refractivity contribution is 6.05. The first-order valence-electron chi connectivity index (χ1n) is 10.4. The zero-order valence-electron chi connectivity index (χ0n) is 17.8. The molecule has 2 aliphatic rings. The molecule has 2 aromatic carbocycles. The molecule has 0 spiro atoms. The summed E-state index contributed by atoms with van der Waals surface area (Å²) in [6.07, 6.45) is -0.694. The van der Waals surface area contributed by atoms with E-state index in [0.717, 1.165) is 11.1 Å². The Bertz CT molecular complexity index is 985. The SMILES string of the molecule is CN1C(=O)NC(=O)C2C1N=C(CN(Cc1ccccc1)Cc1ccccc1)N2CC(N)=O. The van der Waals surface area contributed by atoms with Gasteiger partial charge in [0.05, 0.1) is 13.1 Å². The average molecular weight is 435 g/mol. The number of urea groups is 1. The molecule has 1 saturated heterocycles. The lowest BCUT2D eigenvalue weighted by molar-refractivity contribution is -0.128. The van der Waals surface area contributed by atoms with Crippen molar-refractivity contribution in [1.82, 2.24) is 20.0 Å². The molecule has 0 aliphatic carbocycles. The fraction of sp³-hybridized carbons (Fsp3) is 0.304. The lowest BCUT2D eigenvalue weighted by Crippen LogP contribution is -2.64. The molecule has 4 amide bonds. The highest BCUT2D eigenvalue weighted by Gasteiger charge is 2.48. The number of nitrogens with one attached hydrogen (secondary N) is 1. The van der Waals surface area contributed by atoms with Gasteiger partial charge in [0.1, 0.15) is 5.84 Å². The van der Waals surface area contributed by atoms with Gasteiger partial charge < -0.3 is 15.5 Å². The van der Waals surface area contributed by atoms with E-state index in [0.29, 0.717) is 25.5 Å². The first-order chi connectivity index (χ1) is 15.4. The Morgan fingerprint density at radius 3 is 2.09 bits per heavy atom. The Hall–Kier alpha value is -3.72. The van der Waals surface area contributed by atoms with Crippen LogP contribution in [0.25, 0.3) is 0 Å². The van der Waals surface area contributed by atoms with Gasteiger partial charge in [-0.2, -0.15) is 0 Å². The van der Waals surface area contributed by atoms with Crippen LogP contribution in [-0.4, -0.2) is 70.7 Å². The van der Waals surface area contributed by atoms with Gasteiger partial charge in [-0.3, -0.25) is 19.8 Å². The largest absolute Gasteiger partial charge is 0.368 e. The predicted molar refractivity (Wildman–Crippen MR) is 119 cm³/mol. The third-order valence-electron chi connectivity index (χ3n) is 5.64. The van der Waals surface area contributed by atoms with Gasteiger partial charge in [-0.1, -0.05) is 60.7 Å². The minimum atomic E-state index is -0.782. The third-order valence-corrected chi connectivity index (χ3v) is 5.64. The van der Waals surface area contributed by atoms with Crippen LogP contribution in [0.4, 0.5) is 4.79 Å². The van der Waals surface area contributed by atoms with Gasteiger partial charge in [-0.05, 0) is 11.1 Å². The fourth-order valence-electron chi connectivity index (χ4n) is 4.12. The van der Waals surface area contributed by atoms with Crippen LogP contribution in [0.5, 0.6) is 0 Å². The molecule has 1 fully saturated rings. The summed E-state index contributed by atoms with van der Waals surface area (Å²) in [5, 5.41) is 2.32. The second-order valence-corrected chi connectivity index (χ2v) is 8.02. The molecule has 2 heterocycles. The Kier molecular flexibility index (Phi) is 6.18. The number of amidine groups is 1. The highest BCUT2D eigenvalue weighted by Crippen LogP contribution is 2.25. The maximum atomic E-state index is 12.6. The number of aliphatic imine (C=N–C) groups is 1. The fourth-order valence-corrected chi connectivity index (χ4v) is 4.12. The van der Waals surface area contributed by atoms with Gasteiger partial charge in [-0.25, -0.2) is 9.79 Å². The summed E-state index contributed by atoms with van der Waals surface area (Å²) >= 11 is 0. The molecule has 0 saturated carbocycles. The molecule has 32 heavy (non-hydrogen) atoms. The van der Waals surface area contributed by atoms with Crippen molar-refractivity contribution in [2.75, 3.05) is 20.1 Å². The van der Waals surface area contributed by atoms with Gasteiger partial charge in [0, 0.05) is 20.1 Å². The molecule has 2 unspecified atom stereocenters. The molecule has 9 heteroatoms. The molecular formula is C23H26N6O3. The Morgan fingerprint density at radius 1 is 1.00 bits per heavy atom. The minimum Gasteiger partial charge on any atom is -0.368 e. The smallest absolute Gasteiger partial charge is 0.325 e. The molecule has 0 radical (unpaired) electrons. The molecular weight excluding hydrogens is 408 g/mol. The summed E-state index contributed by atoms with van der Waals surface area (Å²) in [7, 11) is 1.58. The standard InChI is InChI=1S/C23H26N6O3/c1-27-21-20(22(31)26-23(27)32)29(14-18(24)30)19(25-21)15-28(12-16-8-4-2-5-9-16)13-17-10-6-3-7-11-17/h2-11,20-21H,12-15H2,1H3,(H2,24,30)(H,26,31,32). The lowest BCUT2D eigenvalue weighted by atomic mass is 10.1. The molecule has 0 aromatic heterocycles. The van der Waals surface area contributed by atoms with E-state index in [4.69, 9.17) is 5.73 Å². The third kappa shape index (κ3) is 4.62. The number of carbonyl (C=O) groups is 3. The van der Waals surface area contributed by atoms with E-state index < -0.39 is 30.1 Å². The average Bonchev–Trinajstić information content (AvgIpc) is 3.11. The van der Waals surface area contributed by atoms with E-state index in [1.807, 2.05) is 36.4 Å². The number of primary amides is 1. The first-order valence-corrected chi connectivity index (χ1v) is 10.4. The van der Waals surface area contributed by atoms with Crippen LogP contribution < -0.4 is 11.1 Å². The first kappa shape index (κ1) is 21.5. The van der Waals surface area contributed by atoms with Crippen LogP contribution in [0.1, 0.15) is 11.1 Å². The van der Waals surface area contributed by atoms with E-state index in [1.54, 1.807) is 11.9 Å². The summed E-state index contributed by atoms with van der Waals surface area (Å²) in [4.78, 5) is 46.4. The predicted octanol–water partition coefficient (Wildman–Crippen LogP) is 0.765. The number of benzene rings is 2. The second-order valence-electron chi connectivity index (χ2n) is 8.02. The zero-order valence-corrected chi connectivity index (χ0v) is 17.8. The van der Waals surface area contributed by atoms with E-state index in [-0.39, 0.29) is 6.54 Å². The van der Waals surface area contributed by atoms with Crippen molar-refractivity contribution in [2.24, 2.45) is 10.7 Å². The highest BCUT2D eigenvalue weighted by atomic mass is 16.2. The molecule has 2 atom stereocenters. The van der Waals surface area contributed by atoms with Gasteiger partial charge >= 0.3 is 6.03 Å². The van der Waals surface area contributed by atoms with Crippen LogP contribution in [0.3, 0.4) is 0 Å². The molecule has 9 nitrogen and oxygen atoms in total. The normalized spacial score (nSPS) is 20.2. The topological polar surface area (TPSA) is 111 Å². The molecule has 166 valence electrons. The van der Waals surface area contributed by atoms with Gasteiger partial charge in [0.25, 0.3) is 5.91 Å². The number of amides is 4. The van der Waals surface area contributed by atoms with Crippen molar-refractivity contribution in [3.05, 3.63) is 71.8 Å². The van der Waals surface area contributed by atoms with Crippen molar-refractivity contribution < 1.29 is 14.4 Å². The monoisotopic (exact) mass is 434 g/mol. The number of carbonyl (C=O) groups excluding carboxylic acids is 3. The van der Waals surface area contributed by atoms with Gasteiger partial charge in [0.15, 0.2) is 12.2 Å². The summed E-state index contributed by atoms with van der Waals surface area (Å²) in [5.41, 5.74) is 7.74. The Balaban J connectivity index is 1.62. The van der Waals surface area contributed by atoms with Crippen LogP contribution >= 0.6 is 0 Å². The number of nitrogens with two attached hydrogens (primary N) is 1. The summed E-state index contributed by atoms with van der Waals surface area (Å²) in [6, 6.07) is 18.8. The quantitative estimate of drug-likeness (QED) is 0.637. The van der Waals surface area contributed by atoms with Crippen LogP contribution in [-0.2, 0) is 22.7 Å². The maximum Gasteiger partial charge on any atom is 0.325 e. The number of likely N-dealkylation sites (N-methyl/N-ethyl adjacent to an activating group) is 1. The number of fused-ring (bicyclic) bond motifs is 1. The summed E-state index contributed by atoms with van der Waals surface area (Å²) < 4.78 is 0. The Labute approximate surface area is 186 Å². The number of hydrogen-bond acceptors (Lipinski definition) is 6. The lowest BCUT2D eigenvalue weighted by Gasteiger charge is -2.36. The van der Waals surface area contributed by atoms with Gasteiger partial charge in [-0.15, -0.1) is 0 Å². The van der Waals surface area contributed by atoms with E-state index >= 15 is 0 Å². The summed E-state index contributed by atoms with van der Waals surface area (Å²) in [6.45, 7) is 1.53. The van der Waals surface area contributed by atoms with E-state index in [2.05, 4.69) is 39.5 Å². The van der Waals surface area contributed by atoms with Crippen molar-refractivity contribution in [3.63, 3.8) is 0 Å². The molecule has 4 rings (SSSR count). The minimum absolute atomic E-state index is 0.153. The number of rotatable bonds is 8. The van der Waals surface area contributed by atoms with Gasteiger partial charge in [0.2, 0.25) is 5.91 Å². The summed E-state index contributed by atoms with van der Waals surface area (Å²) in [5.74, 6) is -0.485. The zero-order chi connectivity index (χ0) is 22.7. The van der Waals surface area contributed by atoms with E-state index in [9.17, 15) is 14.4 Å². The van der Waals surface area contributed by atoms with Crippen LogP contribution in [0.15, 0.2) is 65.7 Å². The van der Waals surface area contributed by atoms with Crippen molar-refractivity contribution in [2.45, 2.75) is 25.3 Å². The second kappa shape index (κ2) is 9.19. The number of imide groups is 1. The maximum absolute atomic E-state index is 12.6. The van der Waals surface area contributed by atoms with Crippen molar-refractivity contribution in [3.8, 4) is 0 Å². The number of nitrogens with zero attached hydrogens (tertiary/aromatic N) is 4. The Morgan fingerprint density at radius 2 is 1.56 bits per heavy atom.